The lowest BCUT2D eigenvalue weighted by Crippen LogP contribution is -2.37. The smallest absolute Gasteiger partial charge is 0.238 e. The average molecular weight is 367 g/mol. The Morgan fingerprint density at radius 2 is 1.92 bits per heavy atom. The van der Waals surface area contributed by atoms with Crippen LogP contribution in [0.1, 0.15) is 16.0 Å². The van der Waals surface area contributed by atoms with Gasteiger partial charge in [-0.05, 0) is 48.1 Å². The Morgan fingerprint density at radius 3 is 2.46 bits per heavy atom. The highest BCUT2D eigenvalue weighted by Gasteiger charge is 2.07. The molecule has 8 heteroatoms. The Labute approximate surface area is 146 Å². The van der Waals surface area contributed by atoms with Crippen LogP contribution in [0.5, 0.6) is 0 Å². The Balaban J connectivity index is 1.80. The van der Waals surface area contributed by atoms with Gasteiger partial charge in [-0.25, -0.2) is 13.6 Å². The molecule has 0 aliphatic carbocycles. The molecular weight excluding hydrogens is 344 g/mol. The van der Waals surface area contributed by atoms with Gasteiger partial charge in [0.15, 0.2) is 5.96 Å². The first-order valence-corrected chi connectivity index (χ1v) is 9.92. The Morgan fingerprint density at radius 1 is 1.21 bits per heavy atom. The number of sulfonamides is 1. The minimum atomic E-state index is -3.63. The van der Waals surface area contributed by atoms with Crippen molar-refractivity contribution in [3.05, 3.63) is 51.7 Å². The van der Waals surface area contributed by atoms with E-state index in [0.29, 0.717) is 6.54 Å². The van der Waals surface area contributed by atoms with Gasteiger partial charge >= 0.3 is 0 Å². The van der Waals surface area contributed by atoms with Gasteiger partial charge in [0.2, 0.25) is 10.0 Å². The van der Waals surface area contributed by atoms with E-state index in [9.17, 15) is 8.42 Å². The summed E-state index contributed by atoms with van der Waals surface area (Å²) in [7, 11) is -1.90. The average Bonchev–Trinajstić information content (AvgIpc) is 2.95. The number of hydrogen-bond acceptors (Lipinski definition) is 4. The van der Waals surface area contributed by atoms with Crippen LogP contribution in [0.4, 0.5) is 0 Å². The minimum absolute atomic E-state index is 0.128. The minimum Gasteiger partial charge on any atom is -0.356 e. The van der Waals surface area contributed by atoms with E-state index in [1.807, 2.05) is 0 Å². The summed E-state index contributed by atoms with van der Waals surface area (Å²) in [5, 5.41) is 13.7. The van der Waals surface area contributed by atoms with E-state index in [2.05, 4.69) is 34.0 Å². The molecule has 0 aliphatic heterocycles. The van der Waals surface area contributed by atoms with Crippen molar-refractivity contribution in [3.8, 4) is 0 Å². The summed E-state index contributed by atoms with van der Waals surface area (Å²) in [5.41, 5.74) is 2.30. The van der Waals surface area contributed by atoms with Gasteiger partial charge in [0.1, 0.15) is 0 Å². The molecule has 6 nitrogen and oxygen atoms in total. The molecule has 0 atom stereocenters. The lowest BCUT2D eigenvalue weighted by molar-refractivity contribution is 0.598. The molecule has 0 aliphatic rings. The molecular formula is C16H22N4O2S2. The van der Waals surface area contributed by atoms with Gasteiger partial charge in [-0.3, -0.25) is 4.99 Å². The molecule has 4 N–H and O–H groups in total. The lowest BCUT2D eigenvalue weighted by atomic mass is 10.1. The van der Waals surface area contributed by atoms with Crippen molar-refractivity contribution in [2.45, 2.75) is 24.8 Å². The van der Waals surface area contributed by atoms with Crippen molar-refractivity contribution < 1.29 is 8.42 Å². The van der Waals surface area contributed by atoms with Crippen LogP contribution in [0, 0.1) is 6.92 Å². The van der Waals surface area contributed by atoms with Crippen LogP contribution in [-0.2, 0) is 23.0 Å². The summed E-state index contributed by atoms with van der Waals surface area (Å²) in [6.07, 6.45) is 0.754. The maximum Gasteiger partial charge on any atom is 0.238 e. The topological polar surface area (TPSA) is 96.6 Å². The Kier molecular flexibility index (Phi) is 6.36. The third-order valence-corrected chi connectivity index (χ3v) is 5.52. The van der Waals surface area contributed by atoms with Crippen molar-refractivity contribution in [2.24, 2.45) is 10.1 Å². The first-order chi connectivity index (χ1) is 11.4. The summed E-state index contributed by atoms with van der Waals surface area (Å²) in [6, 6.07) is 8.69. The predicted octanol–water partition coefficient (Wildman–Crippen LogP) is 1.61. The standard InChI is InChI=1S/C16H22N4O2S2/c1-12-8-10-23-15(12)11-20-16(18-2)19-9-7-13-3-5-14(6-4-13)24(17,21)22/h3-6,8,10H,7,9,11H2,1-2H3,(H2,17,21,22)(H2,18,19,20). The third kappa shape index (κ3) is 5.33. The summed E-state index contributed by atoms with van der Waals surface area (Å²) in [6.45, 7) is 3.53. The van der Waals surface area contributed by atoms with Crippen molar-refractivity contribution in [1.82, 2.24) is 10.6 Å². The van der Waals surface area contributed by atoms with Gasteiger partial charge in [-0.2, -0.15) is 0 Å². The normalized spacial score (nSPS) is 12.2. The highest BCUT2D eigenvalue weighted by molar-refractivity contribution is 7.89. The first-order valence-electron chi connectivity index (χ1n) is 7.49. The van der Waals surface area contributed by atoms with Crippen LogP contribution in [0.2, 0.25) is 0 Å². The number of primary sulfonamides is 1. The molecule has 0 unspecified atom stereocenters. The van der Waals surface area contributed by atoms with Crippen LogP contribution in [0.3, 0.4) is 0 Å². The monoisotopic (exact) mass is 366 g/mol. The summed E-state index contributed by atoms with van der Waals surface area (Å²) in [5.74, 6) is 0.740. The fraction of sp³-hybridized carbons (Fsp3) is 0.312. The number of thiophene rings is 1. The molecule has 0 spiro atoms. The number of nitrogens with two attached hydrogens (primary N) is 1. The summed E-state index contributed by atoms with van der Waals surface area (Å²) < 4.78 is 22.4. The maximum absolute atomic E-state index is 11.2. The number of rotatable bonds is 6. The molecule has 0 saturated heterocycles. The predicted molar refractivity (Wildman–Crippen MR) is 98.8 cm³/mol. The van der Waals surface area contributed by atoms with Crippen molar-refractivity contribution in [3.63, 3.8) is 0 Å². The third-order valence-electron chi connectivity index (χ3n) is 3.57. The van der Waals surface area contributed by atoms with Gasteiger partial charge in [0, 0.05) is 18.5 Å². The molecule has 0 saturated carbocycles. The number of hydrogen-bond donors (Lipinski definition) is 3. The van der Waals surface area contributed by atoms with Crippen LogP contribution in [-0.4, -0.2) is 28.0 Å². The number of aryl methyl sites for hydroxylation is 1. The van der Waals surface area contributed by atoms with Crippen LogP contribution >= 0.6 is 11.3 Å². The van der Waals surface area contributed by atoms with E-state index in [4.69, 9.17) is 5.14 Å². The fourth-order valence-electron chi connectivity index (χ4n) is 2.14. The molecule has 0 radical (unpaired) electrons. The molecule has 1 aromatic carbocycles. The second-order valence-corrected chi connectivity index (χ2v) is 7.88. The van der Waals surface area contributed by atoms with Crippen LogP contribution in [0.15, 0.2) is 45.6 Å². The van der Waals surface area contributed by atoms with Crippen molar-refractivity contribution in [2.75, 3.05) is 13.6 Å². The van der Waals surface area contributed by atoms with Crippen molar-refractivity contribution in [1.29, 1.82) is 0 Å². The molecule has 2 rings (SSSR count). The molecule has 2 aromatic rings. The Bertz CT molecular complexity index is 796. The lowest BCUT2D eigenvalue weighted by Gasteiger charge is -2.12. The van der Waals surface area contributed by atoms with Crippen LogP contribution < -0.4 is 15.8 Å². The molecule has 0 amide bonds. The van der Waals surface area contributed by atoms with Gasteiger partial charge in [-0.15, -0.1) is 11.3 Å². The molecule has 130 valence electrons. The van der Waals surface area contributed by atoms with E-state index in [-0.39, 0.29) is 4.90 Å². The van der Waals surface area contributed by atoms with E-state index in [0.717, 1.165) is 24.5 Å². The fourth-order valence-corrected chi connectivity index (χ4v) is 3.50. The van der Waals surface area contributed by atoms with Gasteiger partial charge in [0.25, 0.3) is 0 Å². The van der Waals surface area contributed by atoms with E-state index in [1.54, 1.807) is 30.5 Å². The number of nitrogens with one attached hydrogen (secondary N) is 2. The van der Waals surface area contributed by atoms with E-state index in [1.165, 1.54) is 22.6 Å². The molecule has 1 aromatic heterocycles. The first kappa shape index (κ1) is 18.4. The van der Waals surface area contributed by atoms with Crippen molar-refractivity contribution >= 4 is 27.3 Å². The largest absolute Gasteiger partial charge is 0.356 e. The number of benzene rings is 1. The van der Waals surface area contributed by atoms with E-state index < -0.39 is 10.0 Å². The van der Waals surface area contributed by atoms with Gasteiger partial charge in [-0.1, -0.05) is 12.1 Å². The zero-order valence-electron chi connectivity index (χ0n) is 13.7. The number of guanidine groups is 1. The molecule has 24 heavy (non-hydrogen) atoms. The molecule has 0 fully saturated rings. The zero-order chi connectivity index (χ0) is 17.6. The quantitative estimate of drug-likeness (QED) is 0.534. The SMILES string of the molecule is CN=C(NCCc1ccc(S(N)(=O)=O)cc1)NCc1sccc1C. The summed E-state index contributed by atoms with van der Waals surface area (Å²) >= 11 is 1.72. The number of aliphatic imine (C=N–C) groups is 1. The Hall–Kier alpha value is -1.90. The zero-order valence-corrected chi connectivity index (χ0v) is 15.4. The highest BCUT2D eigenvalue weighted by atomic mass is 32.2. The highest BCUT2D eigenvalue weighted by Crippen LogP contribution is 2.14. The van der Waals surface area contributed by atoms with Gasteiger partial charge < -0.3 is 10.6 Å². The second kappa shape index (κ2) is 8.27. The van der Waals surface area contributed by atoms with Crippen LogP contribution in [0.25, 0.3) is 0 Å². The maximum atomic E-state index is 11.2. The summed E-state index contributed by atoms with van der Waals surface area (Å²) in [4.78, 5) is 5.61. The van der Waals surface area contributed by atoms with Gasteiger partial charge in [0.05, 0.1) is 11.4 Å². The number of nitrogens with zero attached hydrogens (tertiary/aromatic N) is 1. The molecule has 0 bridgehead atoms. The van der Waals surface area contributed by atoms with E-state index >= 15 is 0 Å². The second-order valence-electron chi connectivity index (χ2n) is 5.32. The molecule has 1 heterocycles.